The summed E-state index contributed by atoms with van der Waals surface area (Å²) in [5.41, 5.74) is 0.0357. The normalized spacial score (nSPS) is 19.4. The van der Waals surface area contributed by atoms with Crippen LogP contribution in [0, 0.1) is 0 Å². The van der Waals surface area contributed by atoms with Crippen molar-refractivity contribution in [3.63, 3.8) is 0 Å². The Morgan fingerprint density at radius 3 is 2.66 bits per heavy atom. The topological polar surface area (TPSA) is 116 Å². The fraction of sp³-hybridized carbons (Fsp3) is 0.273. The van der Waals surface area contributed by atoms with Crippen LogP contribution in [0.25, 0.3) is 11.5 Å². The lowest BCUT2D eigenvalue weighted by molar-refractivity contribution is -0.131. The summed E-state index contributed by atoms with van der Waals surface area (Å²) in [5.74, 6) is 1.86. The van der Waals surface area contributed by atoms with Crippen molar-refractivity contribution in [1.82, 2.24) is 20.4 Å². The number of aromatic nitrogens is 2. The van der Waals surface area contributed by atoms with E-state index in [4.69, 9.17) is 18.6 Å². The fourth-order valence-corrected chi connectivity index (χ4v) is 3.67. The minimum absolute atomic E-state index is 0.121. The first-order valence-corrected chi connectivity index (χ1v) is 10.1. The molecule has 10 nitrogen and oxygen atoms in total. The Morgan fingerprint density at radius 2 is 1.88 bits per heavy atom. The Morgan fingerprint density at radius 1 is 1.09 bits per heavy atom. The summed E-state index contributed by atoms with van der Waals surface area (Å²) >= 11 is 0. The quantitative estimate of drug-likeness (QED) is 0.587. The highest BCUT2D eigenvalue weighted by molar-refractivity contribution is 6.07. The number of nitrogens with one attached hydrogen (secondary N) is 1. The number of amides is 3. The molecule has 2 aromatic carbocycles. The number of urea groups is 1. The molecule has 3 amide bonds. The zero-order chi connectivity index (χ0) is 22.3. The van der Waals surface area contributed by atoms with Crippen LogP contribution in [-0.4, -0.2) is 40.4 Å². The van der Waals surface area contributed by atoms with Crippen LogP contribution in [-0.2, 0) is 16.9 Å². The number of carbonyl (C=O) groups is 2. The number of hydrogen-bond acceptors (Lipinski definition) is 8. The van der Waals surface area contributed by atoms with E-state index in [9.17, 15) is 9.59 Å². The van der Waals surface area contributed by atoms with Gasteiger partial charge in [0.2, 0.25) is 18.6 Å². The van der Waals surface area contributed by atoms with Gasteiger partial charge in [-0.25, -0.2) is 4.79 Å². The molecular formula is C22H20N4O6. The van der Waals surface area contributed by atoms with Crippen LogP contribution in [0.1, 0.15) is 25.3 Å². The number of benzene rings is 2. The van der Waals surface area contributed by atoms with E-state index in [0.29, 0.717) is 29.2 Å². The van der Waals surface area contributed by atoms with E-state index < -0.39 is 17.5 Å². The Balaban J connectivity index is 1.34. The lowest BCUT2D eigenvalue weighted by Crippen LogP contribution is -2.40. The van der Waals surface area contributed by atoms with Crippen molar-refractivity contribution >= 4 is 11.9 Å². The molecule has 1 aromatic heterocycles. The zero-order valence-corrected chi connectivity index (χ0v) is 17.5. The summed E-state index contributed by atoms with van der Waals surface area (Å²) in [6.45, 7) is 4.10. The third-order valence-electron chi connectivity index (χ3n) is 5.40. The SMILES string of the molecule is CCOc1ccc(-c2nnc(CN3C(=O)N[C@@](C)(c4ccc5c(c4)OCO5)C3=O)o2)cc1. The first-order valence-electron chi connectivity index (χ1n) is 10.1. The summed E-state index contributed by atoms with van der Waals surface area (Å²) in [4.78, 5) is 26.9. The molecule has 1 atom stereocenters. The number of imide groups is 1. The molecule has 1 fully saturated rings. The molecule has 1 saturated heterocycles. The van der Waals surface area contributed by atoms with Gasteiger partial charge >= 0.3 is 6.03 Å². The molecule has 0 bridgehead atoms. The minimum atomic E-state index is -1.25. The molecule has 1 N–H and O–H groups in total. The monoisotopic (exact) mass is 436 g/mol. The van der Waals surface area contributed by atoms with Gasteiger partial charge in [-0.2, -0.15) is 0 Å². The number of hydrogen-bond donors (Lipinski definition) is 1. The molecular weight excluding hydrogens is 416 g/mol. The van der Waals surface area contributed by atoms with Gasteiger partial charge in [0.15, 0.2) is 11.5 Å². The maximum absolute atomic E-state index is 13.2. The molecule has 32 heavy (non-hydrogen) atoms. The smallest absolute Gasteiger partial charge is 0.325 e. The number of carbonyl (C=O) groups excluding carboxylic acids is 2. The van der Waals surface area contributed by atoms with Gasteiger partial charge in [0, 0.05) is 5.56 Å². The van der Waals surface area contributed by atoms with Crippen molar-refractivity contribution in [2.24, 2.45) is 0 Å². The number of ether oxygens (including phenoxy) is 3. The van der Waals surface area contributed by atoms with Crippen molar-refractivity contribution in [1.29, 1.82) is 0 Å². The van der Waals surface area contributed by atoms with Crippen molar-refractivity contribution in [3.8, 4) is 28.7 Å². The van der Waals surface area contributed by atoms with Crippen molar-refractivity contribution < 1.29 is 28.2 Å². The third kappa shape index (κ3) is 3.29. The lowest BCUT2D eigenvalue weighted by Gasteiger charge is -2.22. The average molecular weight is 436 g/mol. The molecule has 164 valence electrons. The van der Waals surface area contributed by atoms with Gasteiger partial charge in [0.05, 0.1) is 6.61 Å². The molecule has 0 unspecified atom stereocenters. The highest BCUT2D eigenvalue weighted by atomic mass is 16.7. The average Bonchev–Trinajstić information content (AvgIpc) is 3.50. The summed E-state index contributed by atoms with van der Waals surface area (Å²) in [7, 11) is 0. The van der Waals surface area contributed by atoms with E-state index in [-0.39, 0.29) is 25.1 Å². The molecule has 10 heteroatoms. The van der Waals surface area contributed by atoms with E-state index in [1.807, 2.05) is 6.92 Å². The van der Waals surface area contributed by atoms with Gasteiger partial charge in [-0.3, -0.25) is 9.69 Å². The van der Waals surface area contributed by atoms with Crippen LogP contribution in [0.4, 0.5) is 4.79 Å². The summed E-state index contributed by atoms with van der Waals surface area (Å²) in [6.07, 6.45) is 0. The highest BCUT2D eigenvalue weighted by Gasteiger charge is 2.49. The Kier molecular flexibility index (Phi) is 4.69. The second-order valence-corrected chi connectivity index (χ2v) is 7.47. The van der Waals surface area contributed by atoms with E-state index in [0.717, 1.165) is 10.6 Å². The Bertz CT molecular complexity index is 1190. The van der Waals surface area contributed by atoms with Gasteiger partial charge in [-0.15, -0.1) is 10.2 Å². The summed E-state index contributed by atoms with van der Waals surface area (Å²) in [6, 6.07) is 11.8. The van der Waals surface area contributed by atoms with Crippen LogP contribution in [0.3, 0.4) is 0 Å². The largest absolute Gasteiger partial charge is 0.494 e. The highest BCUT2D eigenvalue weighted by Crippen LogP contribution is 2.38. The molecule has 0 spiro atoms. The molecule has 2 aliphatic heterocycles. The van der Waals surface area contributed by atoms with Crippen LogP contribution in [0.15, 0.2) is 46.9 Å². The van der Waals surface area contributed by atoms with Crippen molar-refractivity contribution in [2.45, 2.75) is 25.9 Å². The van der Waals surface area contributed by atoms with Gasteiger partial charge < -0.3 is 23.9 Å². The summed E-state index contributed by atoms with van der Waals surface area (Å²) < 4.78 is 21.8. The van der Waals surface area contributed by atoms with Crippen LogP contribution in [0.5, 0.6) is 17.2 Å². The molecule has 0 radical (unpaired) electrons. The van der Waals surface area contributed by atoms with Crippen molar-refractivity contribution in [3.05, 3.63) is 53.9 Å². The standard InChI is InChI=1S/C22H20N4O6/c1-3-29-15-7-4-13(5-8-15)19-25-24-18(32-19)11-26-20(27)22(2,23-21(26)28)14-6-9-16-17(10-14)31-12-30-16/h4-10H,3,11-12H2,1-2H3,(H,23,28)/t22-/m0/s1. The van der Waals surface area contributed by atoms with Gasteiger partial charge in [-0.1, -0.05) is 6.07 Å². The van der Waals surface area contributed by atoms with Crippen LogP contribution < -0.4 is 19.5 Å². The number of fused-ring (bicyclic) bond motifs is 1. The van der Waals surface area contributed by atoms with Crippen LogP contribution >= 0.6 is 0 Å². The number of nitrogens with zero attached hydrogens (tertiary/aromatic N) is 3. The van der Waals surface area contributed by atoms with E-state index in [2.05, 4.69) is 15.5 Å². The second-order valence-electron chi connectivity index (χ2n) is 7.47. The first kappa shape index (κ1) is 19.9. The lowest BCUT2D eigenvalue weighted by atomic mass is 9.91. The van der Waals surface area contributed by atoms with Gasteiger partial charge in [-0.05, 0) is 55.8 Å². The molecule has 3 aromatic rings. The molecule has 2 aliphatic rings. The van der Waals surface area contributed by atoms with Gasteiger partial charge in [0.25, 0.3) is 5.91 Å². The third-order valence-corrected chi connectivity index (χ3v) is 5.40. The molecule has 5 rings (SSSR count). The van der Waals surface area contributed by atoms with E-state index in [1.165, 1.54) is 0 Å². The van der Waals surface area contributed by atoms with E-state index >= 15 is 0 Å². The molecule has 0 aliphatic carbocycles. The molecule has 3 heterocycles. The van der Waals surface area contributed by atoms with Gasteiger partial charge in [0.1, 0.15) is 17.8 Å². The predicted octanol–water partition coefficient (Wildman–Crippen LogP) is 2.83. The predicted molar refractivity (Wildman–Crippen MR) is 110 cm³/mol. The maximum atomic E-state index is 13.2. The number of rotatable bonds is 6. The van der Waals surface area contributed by atoms with E-state index in [1.54, 1.807) is 49.4 Å². The Labute approximate surface area is 183 Å². The Hall–Kier alpha value is -4.08. The first-order chi connectivity index (χ1) is 15.5. The minimum Gasteiger partial charge on any atom is -0.494 e. The fourth-order valence-electron chi connectivity index (χ4n) is 3.67. The summed E-state index contributed by atoms with van der Waals surface area (Å²) in [5, 5.41) is 10.8. The van der Waals surface area contributed by atoms with Crippen LogP contribution in [0.2, 0.25) is 0 Å². The van der Waals surface area contributed by atoms with Crippen molar-refractivity contribution in [2.75, 3.05) is 13.4 Å². The zero-order valence-electron chi connectivity index (χ0n) is 17.5. The maximum Gasteiger partial charge on any atom is 0.325 e. The molecule has 0 saturated carbocycles. The second kappa shape index (κ2) is 7.56.